The van der Waals surface area contributed by atoms with Gasteiger partial charge in [0.2, 0.25) is 6.29 Å². The second-order valence-corrected chi connectivity index (χ2v) is 8.78. The number of likely N-dealkylation sites (tertiary alicyclic amines) is 2. The van der Waals surface area contributed by atoms with Crippen LogP contribution in [0.5, 0.6) is 5.75 Å². The van der Waals surface area contributed by atoms with Gasteiger partial charge in [-0.25, -0.2) is 14.4 Å². The molecule has 1 unspecified atom stereocenters. The third kappa shape index (κ3) is 15.6. The van der Waals surface area contributed by atoms with Crippen LogP contribution in [-0.2, 0) is 30.5 Å². The summed E-state index contributed by atoms with van der Waals surface area (Å²) in [7, 11) is 0. The number of rotatable bonds is 10. The minimum atomic E-state index is -1.82. The van der Waals surface area contributed by atoms with Gasteiger partial charge in [-0.3, -0.25) is 4.79 Å². The van der Waals surface area contributed by atoms with E-state index in [0.29, 0.717) is 12.7 Å². The molecule has 2 saturated heterocycles. The monoisotopic (exact) mass is 524 g/mol. The number of hydrogen-bond acceptors (Lipinski definition) is 8. The van der Waals surface area contributed by atoms with E-state index >= 15 is 0 Å². The number of ether oxygens (including phenoxy) is 2. The van der Waals surface area contributed by atoms with Crippen LogP contribution in [0.3, 0.4) is 0 Å². The first-order chi connectivity index (χ1) is 17.7. The highest BCUT2D eigenvalue weighted by Gasteiger charge is 2.19. The number of carboxylic acid groups (broad SMARTS) is 3. The molecule has 2 fully saturated rings. The molecule has 2 heterocycles. The molecule has 0 spiro atoms. The fourth-order valence-corrected chi connectivity index (χ4v) is 3.99. The first kappa shape index (κ1) is 32.0. The average Bonchev–Trinajstić information content (AvgIpc) is 2.92. The average molecular weight is 525 g/mol. The number of piperidine rings is 2. The zero-order valence-electron chi connectivity index (χ0n) is 21.5. The summed E-state index contributed by atoms with van der Waals surface area (Å²) in [6.07, 6.45) is 7.90. The van der Waals surface area contributed by atoms with Gasteiger partial charge in [-0.1, -0.05) is 25.5 Å². The molecule has 11 heteroatoms. The molecule has 0 aromatic heterocycles. The summed E-state index contributed by atoms with van der Waals surface area (Å²) >= 11 is 0. The summed E-state index contributed by atoms with van der Waals surface area (Å²) in [6.45, 7) is 10.9. The van der Waals surface area contributed by atoms with Crippen molar-refractivity contribution in [3.63, 3.8) is 0 Å². The number of likely N-dealkylation sites (N-methyl/N-ethyl adjacent to an activating group) is 1. The van der Waals surface area contributed by atoms with Gasteiger partial charge >= 0.3 is 17.9 Å². The standard InChI is InChI=1S/C22H36N2O2.C2H2O4.C2H2O3/c1-2-23-15-6-8-22(18-23)26-19-20-9-11-21(12-10-20)25-17-7-16-24-13-4-3-5-14-24;3-1(4)2(5)6;3-1-2(4)5/h9-12,22H,2-8,13-19H2,1H3;(H,3,4)(H,5,6);1H,(H,4,5). The van der Waals surface area contributed by atoms with Gasteiger partial charge in [0.15, 0.2) is 0 Å². The molecule has 0 aliphatic carbocycles. The minimum Gasteiger partial charge on any atom is -0.494 e. The predicted octanol–water partition coefficient (Wildman–Crippen LogP) is 2.37. The third-order valence-electron chi connectivity index (χ3n) is 5.94. The van der Waals surface area contributed by atoms with Crippen LogP contribution >= 0.6 is 0 Å². The van der Waals surface area contributed by atoms with Crippen LogP contribution in [-0.4, -0.2) is 101 Å². The van der Waals surface area contributed by atoms with Gasteiger partial charge in [0.1, 0.15) is 5.75 Å². The second kappa shape index (κ2) is 19.1. The highest BCUT2D eigenvalue weighted by molar-refractivity contribution is 6.27. The maximum atomic E-state index is 9.10. The normalized spacial score (nSPS) is 17.8. The van der Waals surface area contributed by atoms with Crippen LogP contribution in [0.15, 0.2) is 24.3 Å². The van der Waals surface area contributed by atoms with Crippen molar-refractivity contribution in [2.24, 2.45) is 0 Å². The summed E-state index contributed by atoms with van der Waals surface area (Å²) in [5.41, 5.74) is 1.24. The van der Waals surface area contributed by atoms with Crippen LogP contribution in [0.25, 0.3) is 0 Å². The molecular formula is C26H40N2O9. The second-order valence-electron chi connectivity index (χ2n) is 8.78. The molecule has 37 heavy (non-hydrogen) atoms. The van der Waals surface area contributed by atoms with Crippen molar-refractivity contribution in [1.29, 1.82) is 0 Å². The fourth-order valence-electron chi connectivity index (χ4n) is 3.99. The van der Waals surface area contributed by atoms with Crippen molar-refractivity contribution in [1.82, 2.24) is 9.80 Å². The maximum Gasteiger partial charge on any atom is 0.414 e. The van der Waals surface area contributed by atoms with Crippen LogP contribution in [0.4, 0.5) is 0 Å². The number of benzene rings is 1. The Balaban J connectivity index is 0.000000524. The Morgan fingerprint density at radius 2 is 1.54 bits per heavy atom. The van der Waals surface area contributed by atoms with Gasteiger partial charge in [0.25, 0.3) is 0 Å². The van der Waals surface area contributed by atoms with Crippen molar-refractivity contribution < 1.29 is 44.0 Å². The molecule has 2 aliphatic heterocycles. The van der Waals surface area contributed by atoms with Gasteiger partial charge in [0, 0.05) is 13.1 Å². The molecule has 2 aliphatic rings. The molecule has 11 nitrogen and oxygen atoms in total. The summed E-state index contributed by atoms with van der Waals surface area (Å²) in [5, 5.41) is 22.1. The lowest BCUT2D eigenvalue weighted by Gasteiger charge is -2.31. The summed E-state index contributed by atoms with van der Waals surface area (Å²) in [6, 6.07) is 8.44. The molecule has 208 valence electrons. The molecule has 3 N–H and O–H groups in total. The van der Waals surface area contributed by atoms with Crippen LogP contribution in [0.1, 0.15) is 51.0 Å². The van der Waals surface area contributed by atoms with Crippen LogP contribution < -0.4 is 4.74 Å². The Labute approximate surface area is 218 Å². The molecule has 1 aromatic carbocycles. The fraction of sp³-hybridized carbons (Fsp3) is 0.615. The molecule has 3 rings (SSSR count). The number of carbonyl (C=O) groups is 4. The van der Waals surface area contributed by atoms with Crippen LogP contribution in [0.2, 0.25) is 0 Å². The summed E-state index contributed by atoms with van der Waals surface area (Å²) in [5.74, 6) is -4.10. The maximum absolute atomic E-state index is 9.10. The van der Waals surface area contributed by atoms with E-state index in [2.05, 4.69) is 41.0 Å². The lowest BCUT2D eigenvalue weighted by atomic mass is 10.1. The SMILES string of the molecule is CCN1CCCC(OCc2ccc(OCCCN3CCCCC3)cc2)C1.O=C(O)C(=O)O.O=CC(=O)O. The molecule has 0 amide bonds. The van der Waals surface area contributed by atoms with Gasteiger partial charge in [-0.2, -0.15) is 0 Å². The van der Waals surface area contributed by atoms with Gasteiger partial charge in [-0.15, -0.1) is 0 Å². The molecule has 0 radical (unpaired) electrons. The number of carbonyl (C=O) groups excluding carboxylic acids is 1. The Morgan fingerprint density at radius 3 is 2.08 bits per heavy atom. The van der Waals surface area contributed by atoms with E-state index in [1.165, 1.54) is 63.8 Å². The van der Waals surface area contributed by atoms with Crippen molar-refractivity contribution in [3.05, 3.63) is 29.8 Å². The molecule has 0 saturated carbocycles. The first-order valence-corrected chi connectivity index (χ1v) is 12.7. The quantitative estimate of drug-likeness (QED) is 0.235. The predicted molar refractivity (Wildman–Crippen MR) is 136 cm³/mol. The zero-order valence-corrected chi connectivity index (χ0v) is 21.5. The number of carboxylic acids is 3. The molecule has 1 atom stereocenters. The highest BCUT2D eigenvalue weighted by Crippen LogP contribution is 2.17. The van der Waals surface area contributed by atoms with Crippen molar-refractivity contribution in [2.45, 2.75) is 58.2 Å². The summed E-state index contributed by atoms with van der Waals surface area (Å²) < 4.78 is 12.0. The topological polar surface area (TPSA) is 154 Å². The van der Waals surface area contributed by atoms with Crippen molar-refractivity contribution >= 4 is 24.2 Å². The van der Waals surface area contributed by atoms with E-state index in [9.17, 15) is 0 Å². The van der Waals surface area contributed by atoms with E-state index in [4.69, 9.17) is 44.0 Å². The molecule has 1 aromatic rings. The van der Waals surface area contributed by atoms with Crippen molar-refractivity contribution in [2.75, 3.05) is 45.9 Å². The van der Waals surface area contributed by atoms with Crippen molar-refractivity contribution in [3.8, 4) is 5.75 Å². The zero-order chi connectivity index (χ0) is 27.5. The Morgan fingerprint density at radius 1 is 0.946 bits per heavy atom. The van der Waals surface area contributed by atoms with Crippen LogP contribution in [0, 0.1) is 0 Å². The third-order valence-corrected chi connectivity index (χ3v) is 5.94. The Bertz CT molecular complexity index is 799. The molecular weight excluding hydrogens is 484 g/mol. The smallest absolute Gasteiger partial charge is 0.414 e. The largest absolute Gasteiger partial charge is 0.494 e. The van der Waals surface area contributed by atoms with Gasteiger partial charge < -0.3 is 34.6 Å². The van der Waals surface area contributed by atoms with E-state index in [1.807, 2.05) is 0 Å². The first-order valence-electron chi connectivity index (χ1n) is 12.7. The van der Waals surface area contributed by atoms with E-state index in [-0.39, 0.29) is 6.29 Å². The van der Waals surface area contributed by atoms with E-state index in [0.717, 1.165) is 31.9 Å². The Hall–Kier alpha value is -3.02. The highest BCUT2D eigenvalue weighted by atomic mass is 16.5. The van der Waals surface area contributed by atoms with Gasteiger partial charge in [0.05, 0.1) is 19.3 Å². The number of nitrogens with zero attached hydrogens (tertiary/aromatic N) is 2. The van der Waals surface area contributed by atoms with E-state index in [1.54, 1.807) is 0 Å². The summed E-state index contributed by atoms with van der Waals surface area (Å²) in [4.78, 5) is 41.2. The van der Waals surface area contributed by atoms with E-state index < -0.39 is 17.9 Å². The molecule has 0 bridgehead atoms. The minimum absolute atomic E-state index is 0.167. The van der Waals surface area contributed by atoms with Gasteiger partial charge in [-0.05, 0) is 76.0 Å². The lowest BCUT2D eigenvalue weighted by Crippen LogP contribution is -2.39. The number of aliphatic carboxylic acids is 3. The number of aldehydes is 1. The lowest BCUT2D eigenvalue weighted by molar-refractivity contribution is -0.159. The Kier molecular flexibility index (Phi) is 16.6. The number of hydrogen-bond donors (Lipinski definition) is 3.